The quantitative estimate of drug-likeness (QED) is 0.917. The van der Waals surface area contributed by atoms with Crippen LogP contribution in [0, 0.1) is 11.8 Å². The van der Waals surface area contributed by atoms with Crippen LogP contribution in [0.5, 0.6) is 0 Å². The van der Waals surface area contributed by atoms with Crippen LogP contribution in [-0.4, -0.2) is 40.9 Å². The molecular formula is C14H23BrN4. The second-order valence-electron chi connectivity index (χ2n) is 5.75. The van der Waals surface area contributed by atoms with E-state index in [0.29, 0.717) is 0 Å². The molecule has 1 aromatic heterocycles. The van der Waals surface area contributed by atoms with Gasteiger partial charge >= 0.3 is 0 Å². The summed E-state index contributed by atoms with van der Waals surface area (Å²) in [7, 11) is 0. The van der Waals surface area contributed by atoms with Gasteiger partial charge in [0.15, 0.2) is 0 Å². The molecule has 3 heterocycles. The Morgan fingerprint density at radius 2 is 1.95 bits per heavy atom. The first-order chi connectivity index (χ1) is 9.22. The Morgan fingerprint density at radius 3 is 2.53 bits per heavy atom. The van der Waals surface area contributed by atoms with Gasteiger partial charge < -0.3 is 5.32 Å². The highest BCUT2D eigenvalue weighted by Gasteiger charge is 2.36. The van der Waals surface area contributed by atoms with Crippen molar-refractivity contribution in [3.05, 3.63) is 15.9 Å². The first kappa shape index (κ1) is 13.6. The lowest BCUT2D eigenvalue weighted by Crippen LogP contribution is -2.26. The van der Waals surface area contributed by atoms with E-state index in [1.54, 1.807) is 0 Å². The molecule has 2 unspecified atom stereocenters. The summed E-state index contributed by atoms with van der Waals surface area (Å²) in [5, 5.41) is 8.19. The third-order valence-corrected chi connectivity index (χ3v) is 5.45. The number of rotatable bonds is 4. The van der Waals surface area contributed by atoms with Crippen LogP contribution in [0.4, 0.5) is 0 Å². The van der Waals surface area contributed by atoms with E-state index in [1.807, 2.05) is 0 Å². The molecule has 5 heteroatoms. The zero-order chi connectivity index (χ0) is 13.4. The summed E-state index contributed by atoms with van der Waals surface area (Å²) in [5.41, 5.74) is 2.55. The van der Waals surface area contributed by atoms with E-state index in [2.05, 4.69) is 44.7 Å². The van der Waals surface area contributed by atoms with Gasteiger partial charge in [-0.15, -0.1) is 0 Å². The maximum absolute atomic E-state index is 4.69. The summed E-state index contributed by atoms with van der Waals surface area (Å²) in [6.45, 7) is 11.2. The van der Waals surface area contributed by atoms with Crippen molar-refractivity contribution in [2.45, 2.75) is 33.4 Å². The second kappa shape index (κ2) is 5.54. The van der Waals surface area contributed by atoms with Crippen LogP contribution in [-0.2, 0) is 19.5 Å². The largest absolute Gasteiger partial charge is 0.316 e. The van der Waals surface area contributed by atoms with Crippen LogP contribution >= 0.6 is 15.9 Å². The maximum Gasteiger partial charge on any atom is 0.0767 e. The molecule has 0 aliphatic carbocycles. The van der Waals surface area contributed by atoms with Gasteiger partial charge in [-0.25, -0.2) is 0 Å². The van der Waals surface area contributed by atoms with Crippen molar-refractivity contribution in [3.63, 3.8) is 0 Å². The Balaban J connectivity index is 1.74. The van der Waals surface area contributed by atoms with Gasteiger partial charge in [-0.2, -0.15) is 5.10 Å². The Bertz CT molecular complexity index is 445. The number of nitrogens with one attached hydrogen (secondary N) is 1. The highest BCUT2D eigenvalue weighted by atomic mass is 79.9. The van der Waals surface area contributed by atoms with Gasteiger partial charge in [0.1, 0.15) is 0 Å². The van der Waals surface area contributed by atoms with Crippen LogP contribution < -0.4 is 5.32 Å². The number of hydrogen-bond acceptors (Lipinski definition) is 3. The molecule has 1 N–H and O–H groups in total. The van der Waals surface area contributed by atoms with Gasteiger partial charge in [0.05, 0.1) is 15.9 Å². The van der Waals surface area contributed by atoms with E-state index in [9.17, 15) is 0 Å². The summed E-state index contributed by atoms with van der Waals surface area (Å²) < 4.78 is 3.39. The molecule has 2 fully saturated rings. The first-order valence-corrected chi connectivity index (χ1v) is 8.19. The normalized spacial score (nSPS) is 27.1. The molecule has 0 radical (unpaired) electrons. The molecule has 0 aromatic carbocycles. The lowest BCUT2D eigenvalue weighted by molar-refractivity contribution is 0.294. The van der Waals surface area contributed by atoms with E-state index in [4.69, 9.17) is 5.10 Å². The van der Waals surface area contributed by atoms with Crippen molar-refractivity contribution in [1.82, 2.24) is 20.0 Å². The first-order valence-electron chi connectivity index (χ1n) is 7.40. The van der Waals surface area contributed by atoms with Crippen molar-refractivity contribution in [2.24, 2.45) is 11.8 Å². The van der Waals surface area contributed by atoms with Gasteiger partial charge in [-0.3, -0.25) is 9.58 Å². The third-order valence-electron chi connectivity index (χ3n) is 4.53. The topological polar surface area (TPSA) is 33.1 Å². The number of hydrogen-bond donors (Lipinski definition) is 1. The number of aromatic nitrogens is 2. The van der Waals surface area contributed by atoms with Crippen LogP contribution in [0.3, 0.4) is 0 Å². The molecule has 2 atom stereocenters. The Kier molecular flexibility index (Phi) is 3.96. The van der Waals surface area contributed by atoms with Crippen molar-refractivity contribution in [2.75, 3.05) is 26.2 Å². The lowest BCUT2D eigenvalue weighted by atomic mass is 10.0. The maximum atomic E-state index is 4.69. The number of halogens is 1. The fourth-order valence-corrected chi connectivity index (χ4v) is 4.15. The minimum Gasteiger partial charge on any atom is -0.316 e. The highest BCUT2D eigenvalue weighted by molar-refractivity contribution is 9.10. The van der Waals surface area contributed by atoms with E-state index >= 15 is 0 Å². The van der Waals surface area contributed by atoms with Crippen LogP contribution in [0.25, 0.3) is 0 Å². The molecule has 2 aliphatic rings. The van der Waals surface area contributed by atoms with E-state index in [0.717, 1.165) is 31.3 Å². The lowest BCUT2D eigenvalue weighted by Gasteiger charge is -2.17. The van der Waals surface area contributed by atoms with Crippen molar-refractivity contribution in [1.29, 1.82) is 0 Å². The number of likely N-dealkylation sites (tertiary alicyclic amines) is 1. The van der Waals surface area contributed by atoms with E-state index in [1.165, 1.54) is 42.0 Å². The number of fused-ring (bicyclic) bond motifs is 1. The van der Waals surface area contributed by atoms with Crippen LogP contribution in [0.1, 0.15) is 25.2 Å². The molecule has 0 bridgehead atoms. The minimum absolute atomic E-state index is 0.863. The smallest absolute Gasteiger partial charge is 0.0767 e. The number of nitrogens with zero attached hydrogens (tertiary/aromatic N) is 3. The van der Waals surface area contributed by atoms with Gasteiger partial charge in [0.25, 0.3) is 0 Å². The molecule has 2 saturated heterocycles. The standard InChI is InChI=1S/C14H23BrN4/c1-3-12-14(15)13(19(4-2)17-12)9-18-7-10-5-16-6-11(10)8-18/h10-11,16H,3-9H2,1-2H3. The molecule has 19 heavy (non-hydrogen) atoms. The Labute approximate surface area is 123 Å². The van der Waals surface area contributed by atoms with Gasteiger partial charge in [-0.1, -0.05) is 6.92 Å². The molecule has 0 saturated carbocycles. The predicted molar refractivity (Wildman–Crippen MR) is 80.1 cm³/mol. The van der Waals surface area contributed by atoms with Crippen LogP contribution in [0.15, 0.2) is 4.47 Å². The highest BCUT2D eigenvalue weighted by Crippen LogP contribution is 2.30. The van der Waals surface area contributed by atoms with Gasteiger partial charge in [-0.05, 0) is 54.2 Å². The average molecular weight is 327 g/mol. The second-order valence-corrected chi connectivity index (χ2v) is 6.54. The summed E-state index contributed by atoms with van der Waals surface area (Å²) in [4.78, 5) is 2.60. The van der Waals surface area contributed by atoms with E-state index < -0.39 is 0 Å². The summed E-state index contributed by atoms with van der Waals surface area (Å²) in [6, 6.07) is 0. The fourth-order valence-electron chi connectivity index (χ4n) is 3.46. The zero-order valence-electron chi connectivity index (χ0n) is 11.8. The monoisotopic (exact) mass is 326 g/mol. The molecule has 0 spiro atoms. The molecule has 4 nitrogen and oxygen atoms in total. The Hall–Kier alpha value is -0.390. The average Bonchev–Trinajstić information content (AvgIpc) is 3.05. The van der Waals surface area contributed by atoms with Crippen molar-refractivity contribution in [3.8, 4) is 0 Å². The minimum atomic E-state index is 0.863. The fraction of sp³-hybridized carbons (Fsp3) is 0.786. The molecule has 106 valence electrons. The molecule has 3 rings (SSSR count). The van der Waals surface area contributed by atoms with Crippen molar-refractivity contribution >= 4 is 15.9 Å². The summed E-state index contributed by atoms with van der Waals surface area (Å²) in [5.74, 6) is 1.73. The molecule has 0 amide bonds. The van der Waals surface area contributed by atoms with Gasteiger partial charge in [0.2, 0.25) is 0 Å². The Morgan fingerprint density at radius 1 is 1.26 bits per heavy atom. The van der Waals surface area contributed by atoms with Crippen LogP contribution in [0.2, 0.25) is 0 Å². The predicted octanol–water partition coefficient (Wildman–Crippen LogP) is 1.88. The molecule has 1 aromatic rings. The molecular weight excluding hydrogens is 304 g/mol. The third kappa shape index (κ3) is 2.48. The number of aryl methyl sites for hydroxylation is 2. The zero-order valence-corrected chi connectivity index (χ0v) is 13.4. The van der Waals surface area contributed by atoms with Gasteiger partial charge in [0, 0.05) is 26.2 Å². The SMILES string of the molecule is CCc1nn(CC)c(CN2CC3CNCC3C2)c1Br. The van der Waals surface area contributed by atoms with Crippen molar-refractivity contribution < 1.29 is 0 Å². The summed E-state index contributed by atoms with van der Waals surface area (Å²) in [6.07, 6.45) is 0.996. The molecule has 2 aliphatic heterocycles. The van der Waals surface area contributed by atoms with E-state index in [-0.39, 0.29) is 0 Å². The summed E-state index contributed by atoms with van der Waals surface area (Å²) >= 11 is 3.75.